The number of amidine groups is 1. The summed E-state index contributed by atoms with van der Waals surface area (Å²) in [6, 6.07) is 0. The summed E-state index contributed by atoms with van der Waals surface area (Å²) in [6.45, 7) is 4.20. The Bertz CT molecular complexity index is 644. The van der Waals surface area contributed by atoms with E-state index in [4.69, 9.17) is 4.74 Å². The maximum absolute atomic E-state index is 12.2. The van der Waals surface area contributed by atoms with Crippen molar-refractivity contribution in [3.63, 3.8) is 0 Å². The monoisotopic (exact) mass is 302 g/mol. The van der Waals surface area contributed by atoms with Crippen LogP contribution in [0.4, 0.5) is 0 Å². The zero-order valence-electron chi connectivity index (χ0n) is 10.7. The van der Waals surface area contributed by atoms with Crippen molar-refractivity contribution < 1.29 is 13.2 Å². The summed E-state index contributed by atoms with van der Waals surface area (Å²) in [4.78, 5) is 2.17. The average molecular weight is 302 g/mol. The number of rotatable bonds is 0. The number of aromatic nitrogens is 2. The Balaban J connectivity index is 2.03. The zero-order valence-corrected chi connectivity index (χ0v) is 12.3. The summed E-state index contributed by atoms with van der Waals surface area (Å²) in [6.07, 6.45) is 0. The zero-order chi connectivity index (χ0) is 13.6. The summed E-state index contributed by atoms with van der Waals surface area (Å²) in [5, 5.41) is 5.31. The number of hydrogen-bond donors (Lipinski definition) is 0. The first-order chi connectivity index (χ1) is 8.99. The molecule has 104 valence electrons. The van der Waals surface area contributed by atoms with Gasteiger partial charge >= 0.3 is 0 Å². The Labute approximate surface area is 115 Å². The van der Waals surface area contributed by atoms with E-state index in [2.05, 4.69) is 9.50 Å². The molecule has 2 aliphatic rings. The van der Waals surface area contributed by atoms with Crippen LogP contribution < -0.4 is 0 Å². The number of hydrogen-bond acceptors (Lipinski definition) is 6. The van der Waals surface area contributed by atoms with Crippen molar-refractivity contribution in [2.75, 3.05) is 26.3 Å². The molecule has 0 N–H and O–H groups in total. The highest BCUT2D eigenvalue weighted by molar-refractivity contribution is 8.15. The minimum absolute atomic E-state index is 0.233. The quantitative estimate of drug-likeness (QED) is 0.682. The van der Waals surface area contributed by atoms with Crippen LogP contribution >= 0.6 is 11.8 Å². The number of thioether (sulfide) groups is 1. The van der Waals surface area contributed by atoms with E-state index in [1.807, 2.05) is 4.90 Å². The maximum atomic E-state index is 12.2. The molecule has 0 unspecified atom stereocenters. The molecule has 0 spiro atoms. The fourth-order valence-electron chi connectivity index (χ4n) is 2.16. The van der Waals surface area contributed by atoms with Gasteiger partial charge in [-0.15, -0.1) is 4.40 Å². The highest BCUT2D eigenvalue weighted by Crippen LogP contribution is 2.36. The van der Waals surface area contributed by atoms with E-state index in [0.717, 1.165) is 0 Å². The van der Waals surface area contributed by atoms with Gasteiger partial charge in [0, 0.05) is 20.1 Å². The Morgan fingerprint density at radius 1 is 1.32 bits per heavy atom. The molecule has 3 rings (SSSR count). The van der Waals surface area contributed by atoms with Crippen LogP contribution in [0.15, 0.2) is 14.3 Å². The minimum Gasteiger partial charge on any atom is -0.378 e. The predicted octanol–water partition coefficient (Wildman–Crippen LogP) is 0.211. The van der Waals surface area contributed by atoms with E-state index in [1.165, 1.54) is 11.8 Å². The fraction of sp³-hybridized carbons (Fsp3) is 0.600. The lowest BCUT2D eigenvalue weighted by Crippen LogP contribution is -2.40. The highest BCUT2D eigenvalue weighted by atomic mass is 32.2. The van der Waals surface area contributed by atoms with Crippen LogP contribution in [0, 0.1) is 6.92 Å². The molecule has 0 aliphatic carbocycles. The van der Waals surface area contributed by atoms with Crippen molar-refractivity contribution in [3.05, 3.63) is 5.69 Å². The number of aryl methyl sites for hydroxylation is 2. The van der Waals surface area contributed by atoms with E-state index >= 15 is 0 Å². The Morgan fingerprint density at radius 3 is 2.68 bits per heavy atom. The molecule has 2 aliphatic heterocycles. The van der Waals surface area contributed by atoms with Crippen molar-refractivity contribution in [2.45, 2.75) is 16.8 Å². The van der Waals surface area contributed by atoms with Crippen LogP contribution in [0.3, 0.4) is 0 Å². The van der Waals surface area contributed by atoms with E-state index in [0.29, 0.717) is 42.2 Å². The van der Waals surface area contributed by atoms with Gasteiger partial charge in [0.1, 0.15) is 9.92 Å². The number of fused-ring (bicyclic) bond motifs is 1. The minimum atomic E-state index is -3.65. The highest BCUT2D eigenvalue weighted by Gasteiger charge is 2.34. The molecular weight excluding hydrogens is 288 g/mol. The first-order valence-corrected chi connectivity index (χ1v) is 8.14. The molecule has 0 bridgehead atoms. The molecule has 0 amide bonds. The Kier molecular flexibility index (Phi) is 3.06. The van der Waals surface area contributed by atoms with Crippen molar-refractivity contribution in [3.8, 4) is 0 Å². The van der Waals surface area contributed by atoms with Crippen LogP contribution in [0.5, 0.6) is 0 Å². The topological polar surface area (TPSA) is 76.8 Å². The molecule has 0 saturated carbocycles. The van der Waals surface area contributed by atoms with Gasteiger partial charge in [-0.1, -0.05) is 0 Å². The molecule has 0 radical (unpaired) electrons. The maximum Gasteiger partial charge on any atom is 0.289 e. The third-order valence-electron chi connectivity index (χ3n) is 3.04. The second-order valence-corrected chi connectivity index (χ2v) is 6.89. The SMILES string of the molecule is Cc1nn(C)c2c1S(=O)(=O)N=C(N1CCOCC1)S2. The number of morpholine rings is 1. The normalized spacial score (nSPS) is 22.0. The van der Waals surface area contributed by atoms with E-state index in [1.54, 1.807) is 18.7 Å². The molecule has 19 heavy (non-hydrogen) atoms. The number of sulfonamides is 1. The molecule has 1 fully saturated rings. The average Bonchev–Trinajstić information content (AvgIpc) is 2.65. The standard InChI is InChI=1S/C10H14N4O3S2/c1-7-8-9(13(2)11-7)18-10(12-19(8,15)16)14-3-5-17-6-4-14/h3-6H2,1-2H3. The van der Waals surface area contributed by atoms with Gasteiger partial charge in [-0.2, -0.15) is 13.5 Å². The number of nitrogens with zero attached hydrogens (tertiary/aromatic N) is 4. The van der Waals surface area contributed by atoms with Crippen molar-refractivity contribution in [1.82, 2.24) is 14.7 Å². The van der Waals surface area contributed by atoms with Crippen LogP contribution in [0.2, 0.25) is 0 Å². The van der Waals surface area contributed by atoms with Crippen LogP contribution in [0.25, 0.3) is 0 Å². The lowest BCUT2D eigenvalue weighted by atomic mass is 10.5. The van der Waals surface area contributed by atoms with Gasteiger partial charge in [0.05, 0.1) is 18.9 Å². The van der Waals surface area contributed by atoms with Crippen molar-refractivity contribution in [2.24, 2.45) is 11.4 Å². The van der Waals surface area contributed by atoms with Gasteiger partial charge in [0.15, 0.2) is 5.17 Å². The van der Waals surface area contributed by atoms with Gasteiger partial charge in [0.2, 0.25) is 0 Å². The van der Waals surface area contributed by atoms with Gasteiger partial charge in [-0.25, -0.2) is 0 Å². The second kappa shape index (κ2) is 4.50. The number of ether oxygens (including phenoxy) is 1. The third-order valence-corrected chi connectivity index (χ3v) is 5.90. The molecule has 0 atom stereocenters. The van der Waals surface area contributed by atoms with E-state index in [-0.39, 0.29) is 4.90 Å². The van der Waals surface area contributed by atoms with Gasteiger partial charge < -0.3 is 9.64 Å². The summed E-state index contributed by atoms with van der Waals surface area (Å²) >= 11 is 1.35. The summed E-state index contributed by atoms with van der Waals surface area (Å²) < 4.78 is 35.3. The third kappa shape index (κ3) is 2.15. The van der Waals surface area contributed by atoms with Gasteiger partial charge in [0.25, 0.3) is 10.0 Å². The van der Waals surface area contributed by atoms with E-state index in [9.17, 15) is 8.42 Å². The van der Waals surface area contributed by atoms with Gasteiger partial charge in [-0.3, -0.25) is 4.68 Å². The van der Waals surface area contributed by atoms with Crippen LogP contribution in [-0.4, -0.2) is 54.6 Å². The second-order valence-electron chi connectivity index (χ2n) is 4.39. The summed E-state index contributed by atoms with van der Waals surface area (Å²) in [7, 11) is -1.90. The molecular formula is C10H14N4O3S2. The Hall–Kier alpha value is -1.06. The molecule has 9 heteroatoms. The Morgan fingerprint density at radius 2 is 2.00 bits per heavy atom. The molecule has 1 saturated heterocycles. The lowest BCUT2D eigenvalue weighted by Gasteiger charge is -2.30. The fourth-order valence-corrected chi connectivity index (χ4v) is 5.12. The molecule has 1 aromatic rings. The summed E-state index contributed by atoms with van der Waals surface area (Å²) in [5.41, 5.74) is 0.495. The van der Waals surface area contributed by atoms with Crippen molar-refractivity contribution >= 4 is 27.0 Å². The van der Waals surface area contributed by atoms with Crippen LogP contribution in [0.1, 0.15) is 5.69 Å². The predicted molar refractivity (Wildman–Crippen MR) is 70.8 cm³/mol. The molecule has 1 aromatic heterocycles. The van der Waals surface area contributed by atoms with Gasteiger partial charge in [-0.05, 0) is 18.7 Å². The first-order valence-electron chi connectivity index (χ1n) is 5.88. The lowest BCUT2D eigenvalue weighted by molar-refractivity contribution is 0.0694. The molecule has 7 nitrogen and oxygen atoms in total. The largest absolute Gasteiger partial charge is 0.378 e. The van der Waals surface area contributed by atoms with Crippen molar-refractivity contribution in [1.29, 1.82) is 0 Å². The van der Waals surface area contributed by atoms with Crippen LogP contribution in [-0.2, 0) is 21.8 Å². The molecule has 3 heterocycles. The molecule has 0 aromatic carbocycles. The van der Waals surface area contributed by atoms with E-state index < -0.39 is 10.0 Å². The summed E-state index contributed by atoms with van der Waals surface area (Å²) in [5.74, 6) is 0. The smallest absolute Gasteiger partial charge is 0.289 e. The first kappa shape index (κ1) is 12.9.